The summed E-state index contributed by atoms with van der Waals surface area (Å²) in [4.78, 5) is 23.8. The number of nitrogens with one attached hydrogen (secondary N) is 1. The predicted molar refractivity (Wildman–Crippen MR) is 56.3 cm³/mol. The second kappa shape index (κ2) is 4.32. The van der Waals surface area contributed by atoms with Gasteiger partial charge in [0.05, 0.1) is 12.2 Å². The second-order valence-corrected chi connectivity index (χ2v) is 3.88. The zero-order valence-corrected chi connectivity index (χ0v) is 9.34. The Kier molecular flexibility index (Phi) is 2.98. The minimum absolute atomic E-state index is 0.304. The van der Waals surface area contributed by atoms with E-state index in [4.69, 9.17) is 0 Å². The second-order valence-electron chi connectivity index (χ2n) is 3.88. The van der Waals surface area contributed by atoms with E-state index in [2.05, 4.69) is 5.32 Å². The minimum Gasteiger partial charge on any atom is -0.345 e. The molecule has 2 rings (SSSR count). The summed E-state index contributed by atoms with van der Waals surface area (Å²) in [5.41, 5.74) is -0.443. The van der Waals surface area contributed by atoms with Crippen LogP contribution >= 0.6 is 0 Å². The van der Waals surface area contributed by atoms with E-state index in [0.29, 0.717) is 12.1 Å². The fourth-order valence-corrected chi connectivity index (χ4v) is 1.77. The van der Waals surface area contributed by atoms with Gasteiger partial charge in [-0.1, -0.05) is 0 Å². The summed E-state index contributed by atoms with van der Waals surface area (Å²) >= 11 is 0. The molecule has 1 aromatic carbocycles. The standard InChI is InChI=1S/C11H9F3N2O2/c1-5-11(18)15-4-10(17)16(5)9-3-7(13)6(12)2-8(9)14/h2-3,5H,4H2,1H3,(H,15,18). The predicted octanol–water partition coefficient (Wildman–Crippen LogP) is 0.955. The van der Waals surface area contributed by atoms with E-state index < -0.39 is 41.0 Å². The van der Waals surface area contributed by atoms with Crippen molar-refractivity contribution in [1.82, 2.24) is 5.32 Å². The number of halogens is 3. The van der Waals surface area contributed by atoms with Gasteiger partial charge in [0.1, 0.15) is 11.9 Å². The van der Waals surface area contributed by atoms with E-state index in [1.807, 2.05) is 0 Å². The van der Waals surface area contributed by atoms with Crippen LogP contribution in [0.5, 0.6) is 0 Å². The van der Waals surface area contributed by atoms with Gasteiger partial charge in [0.2, 0.25) is 11.8 Å². The molecule has 96 valence electrons. The van der Waals surface area contributed by atoms with Gasteiger partial charge < -0.3 is 5.32 Å². The van der Waals surface area contributed by atoms with Gasteiger partial charge >= 0.3 is 0 Å². The zero-order valence-electron chi connectivity index (χ0n) is 9.34. The lowest BCUT2D eigenvalue weighted by Crippen LogP contribution is -2.57. The van der Waals surface area contributed by atoms with Crippen LogP contribution in [0.25, 0.3) is 0 Å². The lowest BCUT2D eigenvalue weighted by molar-refractivity contribution is -0.130. The highest BCUT2D eigenvalue weighted by Crippen LogP contribution is 2.25. The maximum atomic E-state index is 13.6. The van der Waals surface area contributed by atoms with Crippen molar-refractivity contribution in [2.45, 2.75) is 13.0 Å². The number of carbonyl (C=O) groups is 2. The van der Waals surface area contributed by atoms with Gasteiger partial charge in [-0.3, -0.25) is 14.5 Å². The lowest BCUT2D eigenvalue weighted by Gasteiger charge is -2.32. The molecule has 0 spiro atoms. The highest BCUT2D eigenvalue weighted by atomic mass is 19.2. The highest BCUT2D eigenvalue weighted by molar-refractivity contribution is 6.06. The van der Waals surface area contributed by atoms with Gasteiger partial charge in [-0.25, -0.2) is 13.2 Å². The van der Waals surface area contributed by atoms with E-state index in [1.165, 1.54) is 6.92 Å². The SMILES string of the molecule is CC1C(=O)NCC(=O)N1c1cc(F)c(F)cc1F. The number of benzene rings is 1. The molecule has 1 aliphatic heterocycles. The van der Waals surface area contributed by atoms with Gasteiger partial charge in [-0.15, -0.1) is 0 Å². The van der Waals surface area contributed by atoms with Gasteiger partial charge in [-0.05, 0) is 6.92 Å². The summed E-state index contributed by atoms with van der Waals surface area (Å²) in [6, 6.07) is -0.0694. The molecule has 1 fully saturated rings. The molecule has 1 unspecified atom stereocenters. The van der Waals surface area contributed by atoms with Crippen LogP contribution in [0.1, 0.15) is 6.92 Å². The van der Waals surface area contributed by atoms with Crippen molar-refractivity contribution in [2.75, 3.05) is 11.4 Å². The number of rotatable bonds is 1. The topological polar surface area (TPSA) is 49.4 Å². The molecule has 1 aromatic rings. The summed E-state index contributed by atoms with van der Waals surface area (Å²) in [6.07, 6.45) is 0. The molecule has 4 nitrogen and oxygen atoms in total. The molecule has 1 aliphatic rings. The van der Waals surface area contributed by atoms with E-state index >= 15 is 0 Å². The molecule has 1 heterocycles. The van der Waals surface area contributed by atoms with Gasteiger partial charge in [0.15, 0.2) is 11.6 Å². The summed E-state index contributed by atoms with van der Waals surface area (Å²) in [7, 11) is 0. The Morgan fingerprint density at radius 3 is 2.44 bits per heavy atom. The van der Waals surface area contributed by atoms with Crippen LogP contribution in [0, 0.1) is 17.5 Å². The Bertz CT molecular complexity index is 533. The first-order chi connectivity index (χ1) is 8.41. The Morgan fingerprint density at radius 2 is 1.78 bits per heavy atom. The smallest absolute Gasteiger partial charge is 0.247 e. The van der Waals surface area contributed by atoms with Crippen LogP contribution in [0.15, 0.2) is 12.1 Å². The van der Waals surface area contributed by atoms with Gasteiger partial charge in [0, 0.05) is 12.1 Å². The van der Waals surface area contributed by atoms with Crippen molar-refractivity contribution in [3.05, 3.63) is 29.6 Å². The third-order valence-corrected chi connectivity index (χ3v) is 2.70. The van der Waals surface area contributed by atoms with E-state index in [1.54, 1.807) is 0 Å². The number of carbonyl (C=O) groups excluding carboxylic acids is 2. The maximum Gasteiger partial charge on any atom is 0.247 e. The van der Waals surface area contributed by atoms with Gasteiger partial charge in [-0.2, -0.15) is 0 Å². The van der Waals surface area contributed by atoms with Gasteiger partial charge in [0.25, 0.3) is 0 Å². The van der Waals surface area contributed by atoms with E-state index in [0.717, 1.165) is 4.90 Å². The van der Waals surface area contributed by atoms with Crippen molar-refractivity contribution < 1.29 is 22.8 Å². The first kappa shape index (κ1) is 12.4. The molecule has 1 saturated heterocycles. The number of nitrogens with zero attached hydrogens (tertiary/aromatic N) is 1. The van der Waals surface area contributed by atoms with Crippen molar-refractivity contribution in [3.63, 3.8) is 0 Å². The average molecular weight is 258 g/mol. The van der Waals surface area contributed by atoms with Crippen molar-refractivity contribution in [2.24, 2.45) is 0 Å². The van der Waals surface area contributed by atoms with Crippen LogP contribution in [-0.2, 0) is 9.59 Å². The number of hydrogen-bond acceptors (Lipinski definition) is 2. The summed E-state index contributed by atoms with van der Waals surface area (Å²) in [6.45, 7) is 1.06. The van der Waals surface area contributed by atoms with Crippen LogP contribution < -0.4 is 10.2 Å². The molecule has 0 aliphatic carbocycles. The summed E-state index contributed by atoms with van der Waals surface area (Å²) in [5.74, 6) is -4.80. The largest absolute Gasteiger partial charge is 0.345 e. The van der Waals surface area contributed by atoms with Crippen molar-refractivity contribution in [3.8, 4) is 0 Å². The Labute approximate surface area is 100 Å². The molecule has 1 atom stereocenters. The molecule has 18 heavy (non-hydrogen) atoms. The normalized spacial score (nSPS) is 20.0. The Morgan fingerprint density at radius 1 is 1.17 bits per heavy atom. The van der Waals surface area contributed by atoms with Crippen LogP contribution in [0.2, 0.25) is 0 Å². The molecule has 2 amide bonds. The maximum absolute atomic E-state index is 13.6. The van der Waals surface area contributed by atoms with Crippen molar-refractivity contribution in [1.29, 1.82) is 0 Å². The molecule has 1 N–H and O–H groups in total. The summed E-state index contributed by atoms with van der Waals surface area (Å²) < 4.78 is 39.4. The molecule has 0 saturated carbocycles. The third-order valence-electron chi connectivity index (χ3n) is 2.70. The van der Waals surface area contributed by atoms with Crippen LogP contribution in [0.4, 0.5) is 18.9 Å². The number of piperazine rings is 1. The molecular formula is C11H9F3N2O2. The average Bonchev–Trinajstić information content (AvgIpc) is 2.31. The summed E-state index contributed by atoms with van der Waals surface area (Å²) in [5, 5.41) is 2.31. The highest BCUT2D eigenvalue weighted by Gasteiger charge is 2.34. The van der Waals surface area contributed by atoms with Crippen LogP contribution in [-0.4, -0.2) is 24.4 Å². The fourth-order valence-electron chi connectivity index (χ4n) is 1.77. The number of anilines is 1. The molecule has 0 radical (unpaired) electrons. The minimum atomic E-state index is -1.35. The Hall–Kier alpha value is -2.05. The number of hydrogen-bond donors (Lipinski definition) is 1. The zero-order chi connectivity index (χ0) is 13.4. The molecule has 0 aromatic heterocycles. The quantitative estimate of drug-likeness (QED) is 0.763. The molecule has 0 bridgehead atoms. The third kappa shape index (κ3) is 1.92. The first-order valence-electron chi connectivity index (χ1n) is 5.16. The first-order valence-corrected chi connectivity index (χ1v) is 5.16. The fraction of sp³-hybridized carbons (Fsp3) is 0.273. The Balaban J connectivity index is 2.49. The van der Waals surface area contributed by atoms with Crippen molar-refractivity contribution >= 4 is 17.5 Å². The van der Waals surface area contributed by atoms with E-state index in [9.17, 15) is 22.8 Å². The molecular weight excluding hydrogens is 249 g/mol. The van der Waals surface area contributed by atoms with E-state index in [-0.39, 0.29) is 6.54 Å². The van der Waals surface area contributed by atoms with Crippen LogP contribution in [0.3, 0.4) is 0 Å². The monoisotopic (exact) mass is 258 g/mol. The number of amides is 2. The molecule has 7 heteroatoms. The lowest BCUT2D eigenvalue weighted by atomic mass is 10.1.